The number of ether oxygens (including phenoxy) is 1. The minimum atomic E-state index is 0. The van der Waals surface area contributed by atoms with E-state index in [2.05, 4.69) is 26.6 Å². The largest absolute Gasteiger partial charge is 0.497 e. The van der Waals surface area contributed by atoms with Gasteiger partial charge in [0.25, 0.3) is 0 Å². The summed E-state index contributed by atoms with van der Waals surface area (Å²) in [6, 6.07) is 8.09. The summed E-state index contributed by atoms with van der Waals surface area (Å²) in [5.41, 5.74) is 1.18. The highest BCUT2D eigenvalue weighted by atomic mass is 127. The summed E-state index contributed by atoms with van der Waals surface area (Å²) in [4.78, 5) is 6.89. The molecule has 1 heterocycles. The Kier molecular flexibility index (Phi) is 11.6. The van der Waals surface area contributed by atoms with Gasteiger partial charge in [0.1, 0.15) is 5.75 Å². The molecule has 1 fully saturated rings. The second kappa shape index (κ2) is 13.2. The molecule has 0 atom stereocenters. The zero-order valence-electron chi connectivity index (χ0n) is 15.6. The molecule has 2 N–H and O–H groups in total. The van der Waals surface area contributed by atoms with Crippen LogP contribution in [0.25, 0.3) is 0 Å². The molecule has 142 valence electrons. The summed E-state index contributed by atoms with van der Waals surface area (Å²) in [5.74, 6) is 1.74. The van der Waals surface area contributed by atoms with Gasteiger partial charge in [0.2, 0.25) is 0 Å². The summed E-state index contributed by atoms with van der Waals surface area (Å²) < 4.78 is 5.26. The van der Waals surface area contributed by atoms with Crippen LogP contribution in [0, 0.1) is 0 Å². The second-order valence-corrected chi connectivity index (χ2v) is 6.31. The van der Waals surface area contributed by atoms with Gasteiger partial charge in [-0.2, -0.15) is 0 Å². The van der Waals surface area contributed by atoms with Crippen molar-refractivity contribution in [1.82, 2.24) is 15.5 Å². The predicted molar refractivity (Wildman–Crippen MR) is 116 cm³/mol. The van der Waals surface area contributed by atoms with E-state index in [4.69, 9.17) is 4.74 Å². The average Bonchev–Trinajstić information content (AvgIpc) is 2.90. The molecule has 25 heavy (non-hydrogen) atoms. The first-order valence-corrected chi connectivity index (χ1v) is 9.11. The van der Waals surface area contributed by atoms with Crippen molar-refractivity contribution in [2.24, 2.45) is 4.99 Å². The molecule has 1 aliphatic heterocycles. The molecule has 5 nitrogen and oxygen atoms in total. The number of hydrogen-bond acceptors (Lipinski definition) is 3. The molecule has 0 amide bonds. The van der Waals surface area contributed by atoms with Crippen molar-refractivity contribution in [3.05, 3.63) is 29.8 Å². The Morgan fingerprint density at radius 2 is 1.92 bits per heavy atom. The maximum atomic E-state index is 5.26. The zero-order chi connectivity index (χ0) is 17.0. The molecule has 0 aliphatic carbocycles. The summed E-state index contributed by atoms with van der Waals surface area (Å²) in [6.45, 7) is 5.41. The zero-order valence-corrected chi connectivity index (χ0v) is 17.9. The molecule has 0 saturated carbocycles. The Morgan fingerprint density at radius 3 is 2.60 bits per heavy atom. The minimum Gasteiger partial charge on any atom is -0.497 e. The molecule has 0 unspecified atom stereocenters. The maximum absolute atomic E-state index is 5.26. The molecule has 1 aromatic carbocycles. The number of rotatable bonds is 7. The minimum absolute atomic E-state index is 0. The van der Waals surface area contributed by atoms with Gasteiger partial charge >= 0.3 is 0 Å². The highest BCUT2D eigenvalue weighted by molar-refractivity contribution is 14.0. The van der Waals surface area contributed by atoms with Crippen molar-refractivity contribution in [2.75, 3.05) is 40.3 Å². The molecule has 1 aliphatic rings. The van der Waals surface area contributed by atoms with Crippen molar-refractivity contribution < 1.29 is 4.74 Å². The van der Waals surface area contributed by atoms with E-state index in [1.54, 1.807) is 7.11 Å². The number of nitrogens with one attached hydrogen (secondary N) is 2. The molecule has 0 bridgehead atoms. The lowest BCUT2D eigenvalue weighted by molar-refractivity contribution is 0.282. The standard InChI is InChI=1S/C19H32N4O.HI/c1-20-19(22-16-17-9-7-10-18(15-17)24-2)21-11-8-14-23-12-5-3-4-6-13-23;/h7,9-10,15H,3-6,8,11-14,16H2,1-2H3,(H2,20,21,22);1H. The first-order chi connectivity index (χ1) is 11.8. The molecule has 1 aromatic rings. The Labute approximate surface area is 169 Å². The van der Waals surface area contributed by atoms with Gasteiger partial charge in [-0.3, -0.25) is 4.99 Å². The molecule has 6 heteroatoms. The molecule has 0 radical (unpaired) electrons. The van der Waals surface area contributed by atoms with E-state index < -0.39 is 0 Å². The van der Waals surface area contributed by atoms with Crippen molar-refractivity contribution in [3.8, 4) is 5.75 Å². The van der Waals surface area contributed by atoms with Gasteiger partial charge in [-0.05, 0) is 56.6 Å². The SMILES string of the molecule is CN=C(NCCCN1CCCCCC1)NCc1cccc(OC)c1.I. The first-order valence-electron chi connectivity index (χ1n) is 9.11. The van der Waals surface area contributed by atoms with Crippen LogP contribution in [0.3, 0.4) is 0 Å². The van der Waals surface area contributed by atoms with E-state index in [0.717, 1.165) is 31.2 Å². The Morgan fingerprint density at radius 1 is 1.16 bits per heavy atom. The number of aliphatic imine (C=N–C) groups is 1. The van der Waals surface area contributed by atoms with E-state index in [9.17, 15) is 0 Å². The van der Waals surface area contributed by atoms with Crippen LogP contribution in [0.15, 0.2) is 29.3 Å². The van der Waals surface area contributed by atoms with E-state index in [0.29, 0.717) is 0 Å². The van der Waals surface area contributed by atoms with Crippen molar-refractivity contribution in [2.45, 2.75) is 38.6 Å². The fraction of sp³-hybridized carbons (Fsp3) is 0.632. The lowest BCUT2D eigenvalue weighted by Crippen LogP contribution is -2.38. The van der Waals surface area contributed by atoms with Crippen LogP contribution in [0.4, 0.5) is 0 Å². The normalized spacial score (nSPS) is 15.8. The smallest absolute Gasteiger partial charge is 0.191 e. The summed E-state index contributed by atoms with van der Waals surface area (Å²) >= 11 is 0. The molecule has 0 aromatic heterocycles. The third-order valence-corrected chi connectivity index (χ3v) is 4.46. The third-order valence-electron chi connectivity index (χ3n) is 4.46. The van der Waals surface area contributed by atoms with E-state index >= 15 is 0 Å². The van der Waals surface area contributed by atoms with Crippen LogP contribution in [-0.2, 0) is 6.54 Å². The highest BCUT2D eigenvalue weighted by Crippen LogP contribution is 2.12. The van der Waals surface area contributed by atoms with Gasteiger partial charge in [0.15, 0.2) is 5.96 Å². The van der Waals surface area contributed by atoms with Crippen LogP contribution in [-0.4, -0.2) is 51.2 Å². The second-order valence-electron chi connectivity index (χ2n) is 6.31. The molecule has 1 saturated heterocycles. The highest BCUT2D eigenvalue weighted by Gasteiger charge is 2.08. The van der Waals surface area contributed by atoms with Gasteiger partial charge in [-0.1, -0.05) is 25.0 Å². The summed E-state index contributed by atoms with van der Waals surface area (Å²) in [7, 11) is 3.51. The van der Waals surface area contributed by atoms with Gasteiger partial charge in [0.05, 0.1) is 7.11 Å². The number of nitrogens with zero attached hydrogens (tertiary/aromatic N) is 2. The first kappa shape index (κ1) is 22.0. The quantitative estimate of drug-likeness (QED) is 0.284. The summed E-state index contributed by atoms with van der Waals surface area (Å²) in [5, 5.41) is 6.76. The van der Waals surface area contributed by atoms with Gasteiger partial charge in [0, 0.05) is 20.1 Å². The van der Waals surface area contributed by atoms with E-state index in [1.807, 2.05) is 25.2 Å². The number of guanidine groups is 1. The molecular formula is C19H33IN4O. The average molecular weight is 460 g/mol. The number of halogens is 1. The predicted octanol–water partition coefficient (Wildman–Crippen LogP) is 3.24. The van der Waals surface area contributed by atoms with Crippen molar-refractivity contribution in [1.29, 1.82) is 0 Å². The Hall–Kier alpha value is -1.02. The van der Waals surface area contributed by atoms with Crippen LogP contribution in [0.1, 0.15) is 37.7 Å². The number of likely N-dealkylation sites (tertiary alicyclic amines) is 1. The van der Waals surface area contributed by atoms with Gasteiger partial charge < -0.3 is 20.3 Å². The number of benzene rings is 1. The summed E-state index contributed by atoms with van der Waals surface area (Å²) in [6.07, 6.45) is 6.67. The monoisotopic (exact) mass is 460 g/mol. The fourth-order valence-corrected chi connectivity index (χ4v) is 3.06. The van der Waals surface area contributed by atoms with Crippen molar-refractivity contribution >= 4 is 29.9 Å². The topological polar surface area (TPSA) is 48.9 Å². The Balaban J connectivity index is 0.00000312. The lowest BCUT2D eigenvalue weighted by Gasteiger charge is -2.20. The third kappa shape index (κ3) is 8.76. The molecule has 0 spiro atoms. The van der Waals surface area contributed by atoms with Crippen LogP contribution >= 0.6 is 24.0 Å². The van der Waals surface area contributed by atoms with Gasteiger partial charge in [-0.25, -0.2) is 0 Å². The molecular weight excluding hydrogens is 427 g/mol. The number of hydrogen-bond donors (Lipinski definition) is 2. The van der Waals surface area contributed by atoms with Crippen LogP contribution in [0.5, 0.6) is 5.75 Å². The lowest BCUT2D eigenvalue weighted by atomic mass is 10.2. The number of methoxy groups -OCH3 is 1. The van der Waals surface area contributed by atoms with Crippen LogP contribution < -0.4 is 15.4 Å². The van der Waals surface area contributed by atoms with Gasteiger partial charge in [-0.15, -0.1) is 24.0 Å². The maximum Gasteiger partial charge on any atom is 0.191 e. The van der Waals surface area contributed by atoms with E-state index in [1.165, 1.54) is 50.9 Å². The Bertz CT molecular complexity index is 502. The molecule has 2 rings (SSSR count). The van der Waals surface area contributed by atoms with Crippen molar-refractivity contribution in [3.63, 3.8) is 0 Å². The van der Waals surface area contributed by atoms with E-state index in [-0.39, 0.29) is 24.0 Å². The fourth-order valence-electron chi connectivity index (χ4n) is 3.06. The van der Waals surface area contributed by atoms with Crippen LogP contribution in [0.2, 0.25) is 0 Å².